The molecule has 1 heterocycles. The van der Waals surface area contributed by atoms with E-state index in [9.17, 15) is 21.6 Å². The van der Waals surface area contributed by atoms with Crippen LogP contribution in [0.25, 0.3) is 38.5 Å². The molecule has 0 bridgehead atoms. The molecule has 172 valence electrons. The van der Waals surface area contributed by atoms with Crippen molar-refractivity contribution in [2.24, 2.45) is 5.14 Å². The summed E-state index contributed by atoms with van der Waals surface area (Å²) >= 11 is 0. The van der Waals surface area contributed by atoms with Gasteiger partial charge in [-0.2, -0.15) is 26.7 Å². The molecule has 0 saturated carbocycles. The van der Waals surface area contributed by atoms with Gasteiger partial charge in [0, 0.05) is 11.3 Å². The quantitative estimate of drug-likeness (QED) is 0.333. The highest BCUT2D eigenvalue weighted by molar-refractivity contribution is 7.90. The SMILES string of the molecule is NS(=O)(=O)Nc1ccc(-n2nc(C(F)(F)F)cc2-c2cccc3cc4ccccc4cc23)cc1. The van der Waals surface area contributed by atoms with E-state index in [1.807, 2.05) is 42.5 Å². The lowest BCUT2D eigenvalue weighted by atomic mass is 9.98. The average molecular weight is 482 g/mol. The minimum atomic E-state index is -4.65. The Hall–Kier alpha value is -3.89. The molecule has 6 nitrogen and oxygen atoms in total. The lowest BCUT2D eigenvalue weighted by molar-refractivity contribution is -0.141. The van der Waals surface area contributed by atoms with E-state index in [-0.39, 0.29) is 11.4 Å². The van der Waals surface area contributed by atoms with Crippen LogP contribution >= 0.6 is 0 Å². The third-order valence-corrected chi connectivity index (χ3v) is 5.91. The summed E-state index contributed by atoms with van der Waals surface area (Å²) in [4.78, 5) is 0. The summed E-state index contributed by atoms with van der Waals surface area (Å²) < 4.78 is 66.7. The van der Waals surface area contributed by atoms with Crippen LogP contribution < -0.4 is 9.86 Å². The molecule has 5 rings (SSSR count). The molecule has 0 amide bonds. The molecule has 1 aromatic heterocycles. The van der Waals surface area contributed by atoms with Gasteiger partial charge in [0.25, 0.3) is 10.2 Å². The number of hydrogen-bond acceptors (Lipinski definition) is 3. The van der Waals surface area contributed by atoms with Crippen LogP contribution in [0, 0.1) is 0 Å². The van der Waals surface area contributed by atoms with Crippen molar-refractivity contribution in [2.75, 3.05) is 4.72 Å². The van der Waals surface area contributed by atoms with Crippen molar-refractivity contribution in [1.82, 2.24) is 9.78 Å². The zero-order chi connectivity index (χ0) is 24.1. The number of benzene rings is 4. The molecule has 0 aliphatic rings. The maximum Gasteiger partial charge on any atom is 0.435 e. The van der Waals surface area contributed by atoms with Crippen LogP contribution in [-0.2, 0) is 16.4 Å². The Labute approximate surface area is 192 Å². The molecule has 0 radical (unpaired) electrons. The largest absolute Gasteiger partial charge is 0.435 e. The van der Waals surface area contributed by atoms with Crippen molar-refractivity contribution >= 4 is 37.4 Å². The van der Waals surface area contributed by atoms with Gasteiger partial charge in [-0.05, 0) is 64.0 Å². The molecule has 0 fully saturated rings. The third kappa shape index (κ3) is 4.20. The number of aromatic nitrogens is 2. The van der Waals surface area contributed by atoms with E-state index >= 15 is 0 Å². The first-order chi connectivity index (χ1) is 16.1. The van der Waals surface area contributed by atoms with E-state index in [2.05, 4.69) is 9.82 Å². The highest BCUT2D eigenvalue weighted by atomic mass is 32.2. The number of hydrogen-bond donors (Lipinski definition) is 2. The second kappa shape index (κ2) is 7.86. The second-order valence-electron chi connectivity index (χ2n) is 7.74. The predicted molar refractivity (Wildman–Crippen MR) is 126 cm³/mol. The number of nitrogens with two attached hydrogens (primary N) is 1. The maximum atomic E-state index is 13.6. The van der Waals surface area contributed by atoms with Crippen molar-refractivity contribution in [3.8, 4) is 16.9 Å². The van der Waals surface area contributed by atoms with Crippen LogP contribution in [0.4, 0.5) is 18.9 Å². The summed E-state index contributed by atoms with van der Waals surface area (Å²) in [5.41, 5.74) is 0.293. The molecule has 0 aliphatic carbocycles. The first-order valence-corrected chi connectivity index (χ1v) is 11.6. The van der Waals surface area contributed by atoms with Crippen LogP contribution in [0.3, 0.4) is 0 Å². The lowest BCUT2D eigenvalue weighted by Gasteiger charge is -2.12. The Bertz CT molecular complexity index is 1640. The smallest absolute Gasteiger partial charge is 0.271 e. The van der Waals surface area contributed by atoms with Gasteiger partial charge in [-0.1, -0.05) is 42.5 Å². The fourth-order valence-corrected chi connectivity index (χ4v) is 4.40. The Morgan fingerprint density at radius 1 is 0.824 bits per heavy atom. The van der Waals surface area contributed by atoms with Crippen molar-refractivity contribution in [2.45, 2.75) is 6.18 Å². The number of halogens is 3. The van der Waals surface area contributed by atoms with E-state index in [0.717, 1.165) is 27.6 Å². The third-order valence-electron chi connectivity index (χ3n) is 5.39. The summed E-state index contributed by atoms with van der Waals surface area (Å²) in [6, 6.07) is 23.9. The van der Waals surface area contributed by atoms with Crippen molar-refractivity contribution in [3.05, 3.63) is 90.6 Å². The minimum Gasteiger partial charge on any atom is -0.271 e. The first kappa shape index (κ1) is 21.9. The highest BCUT2D eigenvalue weighted by Gasteiger charge is 2.35. The summed E-state index contributed by atoms with van der Waals surface area (Å²) in [7, 11) is -3.98. The van der Waals surface area contributed by atoms with Gasteiger partial charge in [0.05, 0.1) is 11.4 Å². The zero-order valence-corrected chi connectivity index (χ0v) is 18.2. The Kier molecular flexibility index (Phi) is 5.07. The van der Waals surface area contributed by atoms with Crippen LogP contribution in [0.5, 0.6) is 0 Å². The maximum absolute atomic E-state index is 13.6. The predicted octanol–water partition coefficient (Wildman–Crippen LogP) is 5.48. The van der Waals surface area contributed by atoms with E-state index in [1.165, 1.54) is 28.9 Å². The van der Waals surface area contributed by atoms with Gasteiger partial charge >= 0.3 is 6.18 Å². The number of rotatable bonds is 4. The molecular formula is C24H17F3N4O2S. The molecule has 0 unspecified atom stereocenters. The molecule has 0 atom stereocenters. The minimum absolute atomic E-state index is 0.174. The van der Waals surface area contributed by atoms with Gasteiger partial charge in [0.1, 0.15) is 0 Å². The number of alkyl halides is 3. The fourth-order valence-electron chi connectivity index (χ4n) is 3.93. The van der Waals surface area contributed by atoms with E-state index in [1.54, 1.807) is 12.1 Å². The van der Waals surface area contributed by atoms with E-state index < -0.39 is 22.1 Å². The van der Waals surface area contributed by atoms with Crippen LogP contribution in [-0.4, -0.2) is 18.2 Å². The van der Waals surface area contributed by atoms with E-state index in [4.69, 9.17) is 5.14 Å². The Balaban J connectivity index is 1.71. The van der Waals surface area contributed by atoms with Gasteiger partial charge in [0.2, 0.25) is 0 Å². The van der Waals surface area contributed by atoms with Crippen molar-refractivity contribution in [3.63, 3.8) is 0 Å². The lowest BCUT2D eigenvalue weighted by Crippen LogP contribution is -2.21. The molecule has 3 N–H and O–H groups in total. The second-order valence-corrected chi connectivity index (χ2v) is 9.04. The summed E-state index contributed by atoms with van der Waals surface area (Å²) in [5, 5.41) is 12.5. The number of nitrogens with zero attached hydrogens (tertiary/aromatic N) is 2. The molecular weight excluding hydrogens is 465 g/mol. The molecule has 0 aliphatic heterocycles. The Morgan fingerprint density at radius 3 is 2.12 bits per heavy atom. The topological polar surface area (TPSA) is 90.0 Å². The summed E-state index contributed by atoms with van der Waals surface area (Å²) in [5.74, 6) is 0. The average Bonchev–Trinajstić information content (AvgIpc) is 3.22. The standard InChI is InChI=1S/C24H17F3N4O2S/c25-24(26,27)23-14-22(31(29-23)19-10-8-18(9-11-19)30-34(28,32)33)20-7-3-6-17-12-15-4-1-2-5-16(15)13-21(17)20/h1-14,30H,(H2,28,32,33). The highest BCUT2D eigenvalue weighted by Crippen LogP contribution is 2.37. The van der Waals surface area contributed by atoms with Crippen molar-refractivity contribution < 1.29 is 21.6 Å². The molecule has 5 aromatic rings. The number of anilines is 1. The monoisotopic (exact) mass is 482 g/mol. The van der Waals surface area contributed by atoms with Gasteiger partial charge < -0.3 is 0 Å². The molecule has 0 saturated heterocycles. The van der Waals surface area contributed by atoms with Crippen molar-refractivity contribution in [1.29, 1.82) is 0 Å². The number of fused-ring (bicyclic) bond motifs is 2. The number of nitrogens with one attached hydrogen (secondary N) is 1. The van der Waals surface area contributed by atoms with Gasteiger partial charge in [0.15, 0.2) is 5.69 Å². The van der Waals surface area contributed by atoms with Gasteiger partial charge in [-0.25, -0.2) is 9.82 Å². The normalized spacial score (nSPS) is 12.4. The molecule has 10 heteroatoms. The summed E-state index contributed by atoms with van der Waals surface area (Å²) in [6.07, 6.45) is -4.65. The van der Waals surface area contributed by atoms with Gasteiger partial charge in [-0.15, -0.1) is 0 Å². The van der Waals surface area contributed by atoms with Crippen LogP contribution in [0.15, 0.2) is 84.9 Å². The first-order valence-electron chi connectivity index (χ1n) is 10.1. The molecule has 0 spiro atoms. The van der Waals surface area contributed by atoms with Crippen LogP contribution in [0.1, 0.15) is 5.69 Å². The molecule has 4 aromatic carbocycles. The van der Waals surface area contributed by atoms with Gasteiger partial charge in [-0.3, -0.25) is 4.72 Å². The molecule has 34 heavy (non-hydrogen) atoms. The Morgan fingerprint density at radius 2 is 1.47 bits per heavy atom. The fraction of sp³-hybridized carbons (Fsp3) is 0.0417. The van der Waals surface area contributed by atoms with E-state index in [0.29, 0.717) is 11.3 Å². The zero-order valence-electron chi connectivity index (χ0n) is 17.4. The summed E-state index contributed by atoms with van der Waals surface area (Å²) in [6.45, 7) is 0. The van der Waals surface area contributed by atoms with Crippen LogP contribution in [0.2, 0.25) is 0 Å².